The van der Waals surface area contributed by atoms with Gasteiger partial charge in [0.05, 0.1) is 5.92 Å². The Hall–Kier alpha value is -3.35. The number of aliphatic carboxylic acids is 1. The number of likely N-dealkylation sites (tertiary alicyclic amines) is 1. The number of nitrogens with zero attached hydrogens (tertiary/aromatic N) is 1. The lowest BCUT2D eigenvalue weighted by molar-refractivity contribution is -0.140. The van der Waals surface area contributed by atoms with Crippen molar-refractivity contribution < 1.29 is 24.2 Å². The maximum Gasteiger partial charge on any atom is 0.407 e. The monoisotopic (exact) mass is 478 g/mol. The number of ether oxygens (including phenoxy) is 1. The molecule has 2 N–H and O–H groups in total. The molecular formula is C28H34N2O5. The van der Waals surface area contributed by atoms with Gasteiger partial charge in [-0.05, 0) is 47.4 Å². The Morgan fingerprint density at radius 3 is 2.29 bits per heavy atom. The van der Waals surface area contributed by atoms with E-state index in [-0.39, 0.29) is 49.3 Å². The van der Waals surface area contributed by atoms with Crippen LogP contribution in [0.3, 0.4) is 0 Å². The molecular weight excluding hydrogens is 444 g/mol. The number of hydrogen-bond acceptors (Lipinski definition) is 4. The summed E-state index contributed by atoms with van der Waals surface area (Å²) < 4.78 is 5.62. The summed E-state index contributed by atoms with van der Waals surface area (Å²) in [6, 6.07) is 16.3. The fraction of sp³-hybridized carbons (Fsp3) is 0.464. The molecule has 1 aliphatic heterocycles. The van der Waals surface area contributed by atoms with Crippen molar-refractivity contribution in [3.05, 3.63) is 59.7 Å². The Kier molecular flexibility index (Phi) is 7.73. The Balaban J connectivity index is 1.34. The number of hydrogen-bond donors (Lipinski definition) is 2. The molecule has 1 aliphatic carbocycles. The first-order chi connectivity index (χ1) is 16.9. The lowest BCUT2D eigenvalue weighted by Gasteiger charge is -2.30. The average molecular weight is 479 g/mol. The number of benzene rings is 2. The van der Waals surface area contributed by atoms with Gasteiger partial charge in [-0.3, -0.25) is 9.59 Å². The van der Waals surface area contributed by atoms with Gasteiger partial charge in [0, 0.05) is 31.5 Å². The predicted octanol–water partition coefficient (Wildman–Crippen LogP) is 4.65. The molecule has 0 bridgehead atoms. The number of fused-ring (bicyclic) bond motifs is 3. The van der Waals surface area contributed by atoms with Crippen LogP contribution >= 0.6 is 0 Å². The minimum absolute atomic E-state index is 0.0183. The van der Waals surface area contributed by atoms with Crippen LogP contribution in [0.25, 0.3) is 11.1 Å². The zero-order chi connectivity index (χ0) is 24.9. The second-order valence-corrected chi connectivity index (χ2v) is 9.82. The van der Waals surface area contributed by atoms with Crippen molar-refractivity contribution >= 4 is 18.0 Å². The van der Waals surface area contributed by atoms with E-state index in [9.17, 15) is 14.4 Å². The van der Waals surface area contributed by atoms with Crippen molar-refractivity contribution in [2.75, 3.05) is 19.7 Å². The van der Waals surface area contributed by atoms with Crippen LogP contribution < -0.4 is 5.32 Å². The SMILES string of the molecule is CC(C)C(CNC(=O)OCC1c2ccccc2-c2ccccc21)C(=O)N1CCCC1CCC(=O)O. The minimum Gasteiger partial charge on any atom is -0.481 e. The van der Waals surface area contributed by atoms with Gasteiger partial charge in [0.1, 0.15) is 6.61 Å². The van der Waals surface area contributed by atoms with Crippen LogP contribution in [0.15, 0.2) is 48.5 Å². The number of carbonyl (C=O) groups is 3. The minimum atomic E-state index is -0.846. The highest BCUT2D eigenvalue weighted by Gasteiger charge is 2.35. The van der Waals surface area contributed by atoms with Gasteiger partial charge in [-0.2, -0.15) is 0 Å². The van der Waals surface area contributed by atoms with E-state index >= 15 is 0 Å². The molecule has 2 unspecified atom stereocenters. The molecule has 0 spiro atoms. The molecule has 2 aromatic carbocycles. The van der Waals surface area contributed by atoms with Crippen LogP contribution in [0.2, 0.25) is 0 Å². The molecule has 186 valence electrons. The van der Waals surface area contributed by atoms with Gasteiger partial charge < -0.3 is 20.1 Å². The van der Waals surface area contributed by atoms with Crippen molar-refractivity contribution in [3.8, 4) is 11.1 Å². The first-order valence-electron chi connectivity index (χ1n) is 12.5. The van der Waals surface area contributed by atoms with Crippen LogP contribution in [0.4, 0.5) is 4.79 Å². The van der Waals surface area contributed by atoms with Crippen molar-refractivity contribution in [2.45, 2.75) is 51.5 Å². The van der Waals surface area contributed by atoms with Crippen LogP contribution in [0, 0.1) is 11.8 Å². The summed E-state index contributed by atoms with van der Waals surface area (Å²) >= 11 is 0. The van der Waals surface area contributed by atoms with Crippen LogP contribution in [-0.4, -0.2) is 53.7 Å². The van der Waals surface area contributed by atoms with Gasteiger partial charge in [0.25, 0.3) is 0 Å². The standard InChI is InChI=1S/C28H34N2O5/c1-18(2)24(27(33)30-15-7-8-19(30)13-14-26(31)32)16-29-28(34)35-17-25-22-11-5-3-9-20(22)21-10-4-6-12-23(21)25/h3-6,9-12,18-19,24-25H,7-8,13-17H2,1-2H3,(H,29,34)(H,31,32). The molecule has 2 amide bonds. The third kappa shape index (κ3) is 5.50. The summed E-state index contributed by atoms with van der Waals surface area (Å²) in [7, 11) is 0. The second-order valence-electron chi connectivity index (χ2n) is 9.82. The molecule has 0 radical (unpaired) electrons. The highest BCUT2D eigenvalue weighted by atomic mass is 16.5. The normalized spacial score (nSPS) is 17.7. The number of carboxylic acid groups (broad SMARTS) is 1. The molecule has 1 heterocycles. The third-order valence-corrected chi connectivity index (χ3v) is 7.28. The fourth-order valence-electron chi connectivity index (χ4n) is 5.38. The van der Waals surface area contributed by atoms with Crippen molar-refractivity contribution in [2.24, 2.45) is 11.8 Å². The smallest absolute Gasteiger partial charge is 0.407 e. The average Bonchev–Trinajstić information content (AvgIpc) is 3.44. The Bertz CT molecular complexity index is 1040. The topological polar surface area (TPSA) is 95.9 Å². The van der Waals surface area contributed by atoms with E-state index in [2.05, 4.69) is 29.6 Å². The van der Waals surface area contributed by atoms with Gasteiger partial charge in [-0.15, -0.1) is 0 Å². The van der Waals surface area contributed by atoms with Crippen LogP contribution in [0.1, 0.15) is 56.6 Å². The van der Waals surface area contributed by atoms with E-state index in [4.69, 9.17) is 9.84 Å². The van der Waals surface area contributed by atoms with E-state index in [1.54, 1.807) is 0 Å². The van der Waals surface area contributed by atoms with Gasteiger partial charge in [0.15, 0.2) is 0 Å². The summed E-state index contributed by atoms with van der Waals surface area (Å²) in [6.45, 7) is 4.98. The molecule has 1 saturated heterocycles. The number of carbonyl (C=O) groups excluding carboxylic acids is 2. The molecule has 7 heteroatoms. The van der Waals surface area contributed by atoms with E-state index in [1.807, 2.05) is 43.0 Å². The van der Waals surface area contributed by atoms with Crippen LogP contribution in [-0.2, 0) is 14.3 Å². The Labute approximate surface area is 206 Å². The first-order valence-corrected chi connectivity index (χ1v) is 12.5. The number of alkyl carbamates (subject to hydrolysis) is 1. The molecule has 7 nitrogen and oxygen atoms in total. The van der Waals surface area contributed by atoms with Gasteiger partial charge in [-0.25, -0.2) is 4.79 Å². The quantitative estimate of drug-likeness (QED) is 0.547. The molecule has 2 atom stereocenters. The zero-order valence-electron chi connectivity index (χ0n) is 20.4. The summed E-state index contributed by atoms with van der Waals surface area (Å²) in [5.41, 5.74) is 4.65. The molecule has 2 aliphatic rings. The van der Waals surface area contributed by atoms with E-state index < -0.39 is 12.1 Å². The van der Waals surface area contributed by atoms with Gasteiger partial charge in [0.2, 0.25) is 5.91 Å². The number of rotatable bonds is 9. The van der Waals surface area contributed by atoms with Crippen molar-refractivity contribution in [1.82, 2.24) is 10.2 Å². The maximum absolute atomic E-state index is 13.3. The van der Waals surface area contributed by atoms with E-state index in [0.717, 1.165) is 24.0 Å². The molecule has 35 heavy (non-hydrogen) atoms. The Morgan fingerprint density at radius 1 is 1.06 bits per heavy atom. The predicted molar refractivity (Wildman–Crippen MR) is 133 cm³/mol. The second kappa shape index (κ2) is 10.9. The summed E-state index contributed by atoms with van der Waals surface area (Å²) in [5.74, 6) is -1.25. The van der Waals surface area contributed by atoms with Gasteiger partial charge >= 0.3 is 12.1 Å². The summed E-state index contributed by atoms with van der Waals surface area (Å²) in [5, 5.41) is 11.8. The highest BCUT2D eigenvalue weighted by Crippen LogP contribution is 2.44. The molecule has 1 fully saturated rings. The fourth-order valence-corrected chi connectivity index (χ4v) is 5.38. The molecule has 2 aromatic rings. The van der Waals surface area contributed by atoms with E-state index in [0.29, 0.717) is 13.0 Å². The first kappa shape index (κ1) is 24.8. The van der Waals surface area contributed by atoms with E-state index in [1.165, 1.54) is 11.1 Å². The largest absolute Gasteiger partial charge is 0.481 e. The third-order valence-electron chi connectivity index (χ3n) is 7.28. The highest BCUT2D eigenvalue weighted by molar-refractivity contribution is 5.81. The molecule has 0 aromatic heterocycles. The van der Waals surface area contributed by atoms with Crippen LogP contribution in [0.5, 0.6) is 0 Å². The number of carboxylic acids is 1. The summed E-state index contributed by atoms with van der Waals surface area (Å²) in [4.78, 5) is 38.7. The molecule has 0 saturated carbocycles. The lowest BCUT2D eigenvalue weighted by Crippen LogP contribution is -2.45. The zero-order valence-corrected chi connectivity index (χ0v) is 20.4. The number of nitrogens with one attached hydrogen (secondary N) is 1. The maximum atomic E-state index is 13.3. The Morgan fingerprint density at radius 2 is 1.69 bits per heavy atom. The number of amides is 2. The summed E-state index contributed by atoms with van der Waals surface area (Å²) in [6.07, 6.45) is 1.68. The molecule has 4 rings (SSSR count). The van der Waals surface area contributed by atoms with Crippen molar-refractivity contribution in [1.29, 1.82) is 0 Å². The van der Waals surface area contributed by atoms with Gasteiger partial charge in [-0.1, -0.05) is 62.4 Å². The lowest BCUT2D eigenvalue weighted by atomic mass is 9.93. The van der Waals surface area contributed by atoms with Crippen molar-refractivity contribution in [3.63, 3.8) is 0 Å².